The molecule has 0 aliphatic carbocycles. The number of hydrogen-bond acceptors (Lipinski definition) is 6. The van der Waals surface area contributed by atoms with Crippen LogP contribution >= 0.6 is 11.3 Å². The highest BCUT2D eigenvalue weighted by Crippen LogP contribution is 2.23. The number of esters is 2. The number of anilines is 1. The Morgan fingerprint density at radius 3 is 2.36 bits per heavy atom. The fourth-order valence-corrected chi connectivity index (χ4v) is 3.46. The second kappa shape index (κ2) is 10.6. The molecule has 1 N–H and O–H groups in total. The lowest BCUT2D eigenvalue weighted by Crippen LogP contribution is -2.20. The van der Waals surface area contributed by atoms with Crippen LogP contribution in [0.25, 0.3) is 0 Å². The highest BCUT2D eigenvalue weighted by molar-refractivity contribution is 7.14. The molecule has 0 spiro atoms. The molecule has 0 fully saturated rings. The van der Waals surface area contributed by atoms with E-state index in [0.29, 0.717) is 22.7 Å². The summed E-state index contributed by atoms with van der Waals surface area (Å²) in [6.07, 6.45) is 2.63. The fourth-order valence-electron chi connectivity index (χ4n) is 2.45. The predicted molar refractivity (Wildman–Crippen MR) is 109 cm³/mol. The minimum absolute atomic E-state index is 0.377. The van der Waals surface area contributed by atoms with Crippen molar-refractivity contribution in [3.05, 3.63) is 51.2 Å². The van der Waals surface area contributed by atoms with Crippen LogP contribution in [0.1, 0.15) is 57.2 Å². The van der Waals surface area contributed by atoms with Gasteiger partial charge in [-0.1, -0.05) is 20.3 Å². The number of ether oxygens (including phenoxy) is 2. The van der Waals surface area contributed by atoms with E-state index in [9.17, 15) is 14.4 Å². The third-order valence-corrected chi connectivity index (χ3v) is 5.37. The van der Waals surface area contributed by atoms with Crippen molar-refractivity contribution in [2.75, 3.05) is 18.5 Å². The van der Waals surface area contributed by atoms with E-state index in [-0.39, 0.29) is 6.61 Å². The van der Waals surface area contributed by atoms with E-state index >= 15 is 0 Å². The van der Waals surface area contributed by atoms with Crippen molar-refractivity contribution >= 4 is 34.9 Å². The maximum Gasteiger partial charge on any atom is 0.348 e. The smallest absolute Gasteiger partial charge is 0.348 e. The molecular weight excluding hydrogens is 378 g/mol. The third kappa shape index (κ3) is 6.20. The van der Waals surface area contributed by atoms with Crippen molar-refractivity contribution in [2.24, 2.45) is 0 Å². The lowest BCUT2D eigenvalue weighted by molar-refractivity contribution is -0.119. The number of rotatable bonds is 9. The van der Waals surface area contributed by atoms with E-state index in [4.69, 9.17) is 9.47 Å². The number of thiophene rings is 1. The Morgan fingerprint density at radius 1 is 1.04 bits per heavy atom. The van der Waals surface area contributed by atoms with Crippen LogP contribution in [0, 0.1) is 6.92 Å². The van der Waals surface area contributed by atoms with Gasteiger partial charge in [0.2, 0.25) is 0 Å². The topological polar surface area (TPSA) is 81.7 Å². The molecule has 1 aromatic carbocycles. The van der Waals surface area contributed by atoms with E-state index in [2.05, 4.69) is 5.32 Å². The molecule has 0 saturated heterocycles. The molecule has 0 aliphatic rings. The number of carbonyl (C=O) groups excluding carboxylic acids is 3. The molecule has 1 heterocycles. The van der Waals surface area contributed by atoms with Gasteiger partial charge in [0, 0.05) is 10.6 Å². The standard InChI is InChI=1S/C21H25NO5S/c1-4-6-11-26-20(24)15-7-9-16(10-8-15)22-19(23)13-27-21(25)18-12-14(3)17(5-2)28-18/h7-10,12H,4-6,11,13H2,1-3H3,(H,22,23). The van der Waals surface area contributed by atoms with E-state index in [1.54, 1.807) is 30.3 Å². The van der Waals surface area contributed by atoms with Gasteiger partial charge in [-0.25, -0.2) is 9.59 Å². The summed E-state index contributed by atoms with van der Waals surface area (Å²) in [4.78, 5) is 37.5. The molecule has 1 aromatic heterocycles. The van der Waals surface area contributed by atoms with Crippen molar-refractivity contribution in [3.63, 3.8) is 0 Å². The molecule has 1 amide bonds. The summed E-state index contributed by atoms with van der Waals surface area (Å²) in [6, 6.07) is 8.15. The number of aryl methyl sites for hydroxylation is 2. The van der Waals surface area contributed by atoms with Gasteiger partial charge in [-0.05, 0) is 55.7 Å². The first-order valence-electron chi connectivity index (χ1n) is 9.28. The summed E-state index contributed by atoms with van der Waals surface area (Å²) >= 11 is 1.38. The molecule has 2 aromatic rings. The highest BCUT2D eigenvalue weighted by Gasteiger charge is 2.15. The first-order chi connectivity index (χ1) is 13.4. The molecule has 0 unspecified atom stereocenters. The van der Waals surface area contributed by atoms with Crippen LogP contribution in [0.3, 0.4) is 0 Å². The van der Waals surface area contributed by atoms with Crippen LogP contribution in [0.5, 0.6) is 0 Å². The van der Waals surface area contributed by atoms with Gasteiger partial charge in [0.05, 0.1) is 12.2 Å². The summed E-state index contributed by atoms with van der Waals surface area (Å²) < 4.78 is 10.2. The number of unbranched alkanes of at least 4 members (excludes halogenated alkanes) is 1. The number of hydrogen-bond donors (Lipinski definition) is 1. The predicted octanol–water partition coefficient (Wildman–Crippen LogP) is 4.37. The first kappa shape index (κ1) is 21.6. The number of carbonyl (C=O) groups is 3. The molecule has 6 nitrogen and oxygen atoms in total. The zero-order valence-corrected chi connectivity index (χ0v) is 17.2. The molecular formula is C21H25NO5S. The zero-order chi connectivity index (χ0) is 20.5. The van der Waals surface area contributed by atoms with Crippen LogP contribution in [0.15, 0.2) is 30.3 Å². The third-order valence-electron chi connectivity index (χ3n) is 4.01. The highest BCUT2D eigenvalue weighted by atomic mass is 32.1. The molecule has 7 heteroatoms. The summed E-state index contributed by atoms with van der Waals surface area (Å²) in [5.74, 6) is -1.35. The van der Waals surface area contributed by atoms with Crippen molar-refractivity contribution < 1.29 is 23.9 Å². The molecule has 2 rings (SSSR count). The van der Waals surface area contributed by atoms with Gasteiger partial charge < -0.3 is 14.8 Å². The van der Waals surface area contributed by atoms with Gasteiger partial charge in [0.15, 0.2) is 6.61 Å². The summed E-state index contributed by atoms with van der Waals surface area (Å²) in [5, 5.41) is 2.63. The molecule has 0 radical (unpaired) electrons. The van der Waals surface area contributed by atoms with E-state index in [0.717, 1.165) is 29.7 Å². The Morgan fingerprint density at radius 2 is 1.75 bits per heavy atom. The second-order valence-corrected chi connectivity index (χ2v) is 7.40. The molecule has 150 valence electrons. The lowest BCUT2D eigenvalue weighted by Gasteiger charge is -2.07. The Labute approximate surface area is 168 Å². The lowest BCUT2D eigenvalue weighted by atomic mass is 10.2. The second-order valence-electron chi connectivity index (χ2n) is 6.26. The quantitative estimate of drug-likeness (QED) is 0.497. The molecule has 28 heavy (non-hydrogen) atoms. The summed E-state index contributed by atoms with van der Waals surface area (Å²) in [5.41, 5.74) is 1.98. The molecule has 0 aliphatic heterocycles. The molecule has 0 saturated carbocycles. The van der Waals surface area contributed by atoms with E-state index < -0.39 is 17.8 Å². The number of nitrogens with one attached hydrogen (secondary N) is 1. The van der Waals surface area contributed by atoms with Gasteiger partial charge in [0.25, 0.3) is 5.91 Å². The first-order valence-corrected chi connectivity index (χ1v) is 10.1. The van der Waals surface area contributed by atoms with Crippen LogP contribution in [-0.4, -0.2) is 31.1 Å². The van der Waals surface area contributed by atoms with Gasteiger partial charge in [-0.2, -0.15) is 0 Å². The van der Waals surface area contributed by atoms with E-state index in [1.165, 1.54) is 11.3 Å². The summed E-state index contributed by atoms with van der Waals surface area (Å²) in [6.45, 7) is 6.01. The van der Waals surface area contributed by atoms with Crippen molar-refractivity contribution in [1.82, 2.24) is 0 Å². The SMILES string of the molecule is CCCCOC(=O)c1ccc(NC(=O)COC(=O)c2cc(C)c(CC)s2)cc1. The Kier molecular flexibility index (Phi) is 8.19. The fraction of sp³-hybridized carbons (Fsp3) is 0.381. The average Bonchev–Trinajstić information content (AvgIpc) is 3.07. The van der Waals surface area contributed by atoms with Crippen LogP contribution in [0.2, 0.25) is 0 Å². The van der Waals surface area contributed by atoms with Crippen LogP contribution in [-0.2, 0) is 20.7 Å². The minimum Gasteiger partial charge on any atom is -0.462 e. The van der Waals surface area contributed by atoms with Crippen LogP contribution in [0.4, 0.5) is 5.69 Å². The van der Waals surface area contributed by atoms with Crippen molar-refractivity contribution in [1.29, 1.82) is 0 Å². The monoisotopic (exact) mass is 403 g/mol. The van der Waals surface area contributed by atoms with Crippen molar-refractivity contribution in [3.8, 4) is 0 Å². The summed E-state index contributed by atoms with van der Waals surface area (Å²) in [7, 11) is 0. The number of amides is 1. The van der Waals surface area contributed by atoms with Gasteiger partial charge in [0.1, 0.15) is 4.88 Å². The molecule has 0 atom stereocenters. The van der Waals surface area contributed by atoms with E-state index in [1.807, 2.05) is 20.8 Å². The van der Waals surface area contributed by atoms with Gasteiger partial charge in [-0.3, -0.25) is 4.79 Å². The Bertz CT molecular complexity index is 826. The zero-order valence-electron chi connectivity index (χ0n) is 16.4. The normalized spacial score (nSPS) is 10.4. The van der Waals surface area contributed by atoms with Crippen molar-refractivity contribution in [2.45, 2.75) is 40.0 Å². The van der Waals surface area contributed by atoms with Crippen LogP contribution < -0.4 is 5.32 Å². The maximum absolute atomic E-state index is 12.1. The number of benzene rings is 1. The van der Waals surface area contributed by atoms with Gasteiger partial charge >= 0.3 is 11.9 Å². The minimum atomic E-state index is -0.506. The Hall–Kier alpha value is -2.67. The average molecular weight is 404 g/mol. The van der Waals surface area contributed by atoms with Gasteiger partial charge in [-0.15, -0.1) is 11.3 Å². The Balaban J connectivity index is 1.82. The largest absolute Gasteiger partial charge is 0.462 e. The molecule has 0 bridgehead atoms. The maximum atomic E-state index is 12.1.